The third kappa shape index (κ3) is 7.74. The molecule has 0 fully saturated rings. The summed E-state index contributed by atoms with van der Waals surface area (Å²) >= 11 is 0. The van der Waals surface area contributed by atoms with Crippen LogP contribution in [0.15, 0.2) is 261 Å². The molecule has 0 N–H and O–H groups in total. The van der Waals surface area contributed by atoms with Crippen molar-refractivity contribution in [3.8, 4) is 89.0 Å². The Labute approximate surface area is 365 Å². The normalized spacial score (nSPS) is 11.0. The second-order valence-electron chi connectivity index (χ2n) is 15.7. The van der Waals surface area contributed by atoms with Gasteiger partial charge in [0.25, 0.3) is 0 Å². The van der Waals surface area contributed by atoms with Crippen LogP contribution in [-0.2, 0) is 0 Å². The minimum absolute atomic E-state index is 0.958. The first-order chi connectivity index (χ1) is 30.7. The molecule has 0 atom stereocenters. The van der Waals surface area contributed by atoms with E-state index >= 15 is 0 Å². The second-order valence-corrected chi connectivity index (χ2v) is 15.7. The molecule has 62 heavy (non-hydrogen) atoms. The largest absolute Gasteiger partial charge is 0.0906 e. The van der Waals surface area contributed by atoms with E-state index in [1.165, 1.54) is 66.8 Å². The maximum absolute atomic E-state index is 4.96. The molecule has 0 saturated carbocycles. The van der Waals surface area contributed by atoms with Crippen LogP contribution in [0.2, 0.25) is 0 Å². The van der Waals surface area contributed by atoms with Gasteiger partial charge in [0.15, 0.2) is 0 Å². The molecule has 0 aliphatic carbocycles. The first kappa shape index (κ1) is 38.2. The van der Waals surface area contributed by atoms with E-state index in [1.807, 2.05) is 0 Å². The monoisotopic (exact) mass is 788 g/mol. The number of hydrogen-bond donors (Lipinski definition) is 0. The van der Waals surface area contributed by atoms with Crippen LogP contribution >= 0.6 is 0 Å². The van der Waals surface area contributed by atoms with Gasteiger partial charge in [-0.05, 0) is 142 Å². The maximum atomic E-state index is 4.96. The minimum atomic E-state index is 0.958. The van der Waals surface area contributed by atoms with Crippen LogP contribution in [0, 0.1) is 0 Å². The van der Waals surface area contributed by atoms with Crippen molar-refractivity contribution < 1.29 is 0 Å². The highest BCUT2D eigenvalue weighted by molar-refractivity contribution is 5.95. The van der Waals surface area contributed by atoms with Gasteiger partial charge in [0.1, 0.15) is 0 Å². The van der Waals surface area contributed by atoms with Gasteiger partial charge < -0.3 is 0 Å². The van der Waals surface area contributed by atoms with E-state index in [2.05, 4.69) is 255 Å². The van der Waals surface area contributed by atoms with E-state index < -0.39 is 0 Å². The molecule has 0 bridgehead atoms. The Balaban J connectivity index is 1.20. The zero-order chi connectivity index (χ0) is 41.7. The molecule has 0 spiro atoms. The van der Waals surface area contributed by atoms with Gasteiger partial charge in [-0.3, -0.25) is 0 Å². The highest BCUT2D eigenvalue weighted by Gasteiger charge is 2.18. The van der Waals surface area contributed by atoms with Crippen LogP contribution in [0.4, 0.5) is 0 Å². The van der Waals surface area contributed by atoms with E-state index in [0.717, 1.165) is 39.0 Å². The molecule has 0 radical (unpaired) electrons. The molecular weight excluding hydrogens is 745 g/mol. The topological polar surface area (TPSA) is 0 Å². The van der Waals surface area contributed by atoms with E-state index in [-0.39, 0.29) is 0 Å². The van der Waals surface area contributed by atoms with E-state index in [1.54, 1.807) is 0 Å². The molecular formula is C62H44. The Bertz CT molecular complexity index is 2740. The SMILES string of the molecule is C=C(c1cc(-c2ccccc2-c2ccccc2)cc(-c2ccccc2-c2ccccc2)c1)c1cc(-c2ccccc2-c2ccccc2)cc(-c2ccccc2-c2ccccc2)c1. The first-order valence-electron chi connectivity index (χ1n) is 21.3. The van der Waals surface area contributed by atoms with E-state index in [9.17, 15) is 0 Å². The van der Waals surface area contributed by atoms with Gasteiger partial charge in [0, 0.05) is 0 Å². The van der Waals surface area contributed by atoms with Crippen LogP contribution in [0.25, 0.3) is 94.6 Å². The summed E-state index contributed by atoms with van der Waals surface area (Å²) in [5.41, 5.74) is 21.9. The molecule has 10 aromatic carbocycles. The Morgan fingerprint density at radius 1 is 0.194 bits per heavy atom. The molecule has 10 aromatic rings. The van der Waals surface area contributed by atoms with Crippen molar-refractivity contribution >= 4 is 5.57 Å². The maximum Gasteiger partial charge on any atom is -0.0105 e. The van der Waals surface area contributed by atoms with Crippen molar-refractivity contribution in [1.29, 1.82) is 0 Å². The highest BCUT2D eigenvalue weighted by Crippen LogP contribution is 2.43. The number of rotatable bonds is 10. The lowest BCUT2D eigenvalue weighted by molar-refractivity contribution is 1.50. The van der Waals surface area contributed by atoms with Crippen LogP contribution < -0.4 is 0 Å². The zero-order valence-electron chi connectivity index (χ0n) is 34.5. The third-order valence-electron chi connectivity index (χ3n) is 11.9. The predicted octanol–water partition coefficient (Wildman–Crippen LogP) is 17.1. The van der Waals surface area contributed by atoms with Crippen LogP contribution in [-0.4, -0.2) is 0 Å². The van der Waals surface area contributed by atoms with Gasteiger partial charge in [-0.1, -0.05) is 225 Å². The molecule has 0 aliphatic rings. The lowest BCUT2D eigenvalue weighted by Crippen LogP contribution is -1.95. The number of hydrogen-bond acceptors (Lipinski definition) is 0. The summed E-state index contributed by atoms with van der Waals surface area (Å²) in [6, 6.07) is 91.8. The van der Waals surface area contributed by atoms with Gasteiger partial charge in [-0.2, -0.15) is 0 Å². The fourth-order valence-corrected chi connectivity index (χ4v) is 8.81. The van der Waals surface area contributed by atoms with Crippen molar-refractivity contribution in [3.05, 3.63) is 272 Å². The molecule has 10 rings (SSSR count). The fourth-order valence-electron chi connectivity index (χ4n) is 8.81. The smallest absolute Gasteiger partial charge is 0.0105 e. The van der Waals surface area contributed by atoms with Crippen molar-refractivity contribution in [2.24, 2.45) is 0 Å². The summed E-state index contributed by atoms with van der Waals surface area (Å²) in [5, 5.41) is 0. The molecule has 0 heterocycles. The van der Waals surface area contributed by atoms with Gasteiger partial charge in [-0.15, -0.1) is 0 Å². The van der Waals surface area contributed by atoms with E-state index in [4.69, 9.17) is 6.58 Å². The second kappa shape index (κ2) is 17.3. The Hall–Kier alpha value is -8.06. The molecule has 0 unspecified atom stereocenters. The number of benzene rings is 10. The standard InChI is InChI=1S/C62H44/c1-44(49-38-51(59-34-18-14-30-55(59)45-22-6-2-7-23-45)42-52(39-49)60-35-19-15-31-56(60)46-24-8-3-9-25-46)50-40-53(61-36-20-16-32-57(61)47-26-10-4-11-27-47)43-54(41-50)62-37-21-17-33-58(62)48-28-12-5-13-29-48/h2-43H,1H2. The third-order valence-corrected chi connectivity index (χ3v) is 11.9. The van der Waals surface area contributed by atoms with Gasteiger partial charge in [0.05, 0.1) is 0 Å². The average Bonchev–Trinajstić information content (AvgIpc) is 3.37. The van der Waals surface area contributed by atoms with Crippen LogP contribution in [0.1, 0.15) is 11.1 Å². The summed E-state index contributed by atoms with van der Waals surface area (Å²) in [5.74, 6) is 0. The summed E-state index contributed by atoms with van der Waals surface area (Å²) in [4.78, 5) is 0. The fraction of sp³-hybridized carbons (Fsp3) is 0. The van der Waals surface area contributed by atoms with Crippen molar-refractivity contribution in [1.82, 2.24) is 0 Å². The molecule has 0 saturated heterocycles. The minimum Gasteiger partial charge on any atom is -0.0906 e. The quantitative estimate of drug-likeness (QED) is 0.129. The van der Waals surface area contributed by atoms with Crippen molar-refractivity contribution in [3.63, 3.8) is 0 Å². The Morgan fingerprint density at radius 3 is 0.581 bits per heavy atom. The van der Waals surface area contributed by atoms with Crippen molar-refractivity contribution in [2.45, 2.75) is 0 Å². The van der Waals surface area contributed by atoms with Crippen molar-refractivity contribution in [2.75, 3.05) is 0 Å². The summed E-state index contributed by atoms with van der Waals surface area (Å²) < 4.78 is 0. The van der Waals surface area contributed by atoms with Gasteiger partial charge in [0.2, 0.25) is 0 Å². The molecule has 0 nitrogen and oxygen atoms in total. The predicted molar refractivity (Wildman–Crippen MR) is 265 cm³/mol. The van der Waals surface area contributed by atoms with E-state index in [0.29, 0.717) is 0 Å². The Kier molecular flexibility index (Phi) is 10.6. The average molecular weight is 789 g/mol. The van der Waals surface area contributed by atoms with Crippen LogP contribution in [0.3, 0.4) is 0 Å². The summed E-state index contributed by atoms with van der Waals surface area (Å²) in [6.07, 6.45) is 0. The summed E-state index contributed by atoms with van der Waals surface area (Å²) in [7, 11) is 0. The highest BCUT2D eigenvalue weighted by atomic mass is 14.2. The van der Waals surface area contributed by atoms with Gasteiger partial charge in [-0.25, -0.2) is 0 Å². The first-order valence-corrected chi connectivity index (χ1v) is 21.3. The molecule has 0 aliphatic heterocycles. The molecule has 292 valence electrons. The lowest BCUT2D eigenvalue weighted by Gasteiger charge is -2.19. The molecule has 0 amide bonds. The Morgan fingerprint density at radius 2 is 0.371 bits per heavy atom. The molecule has 0 heteroatoms. The summed E-state index contributed by atoms with van der Waals surface area (Å²) in [6.45, 7) is 4.96. The van der Waals surface area contributed by atoms with Crippen LogP contribution in [0.5, 0.6) is 0 Å². The molecule has 0 aromatic heterocycles. The van der Waals surface area contributed by atoms with Gasteiger partial charge >= 0.3 is 0 Å². The lowest BCUT2D eigenvalue weighted by atomic mass is 9.85. The zero-order valence-corrected chi connectivity index (χ0v) is 34.5.